The molecule has 3 aromatic carbocycles. The molecule has 7 nitrogen and oxygen atoms in total. The molecule has 1 aromatic heterocycles. The number of methoxy groups -OCH3 is 1. The fraction of sp³-hybridized carbons (Fsp3) is 0.0833. The van der Waals surface area contributed by atoms with Gasteiger partial charge in [0.2, 0.25) is 5.55 Å². The van der Waals surface area contributed by atoms with Gasteiger partial charge >= 0.3 is 0 Å². The van der Waals surface area contributed by atoms with Gasteiger partial charge in [0.25, 0.3) is 5.91 Å². The van der Waals surface area contributed by atoms with Gasteiger partial charge in [-0.1, -0.05) is 29.8 Å². The highest BCUT2D eigenvalue weighted by molar-refractivity contribution is 6.30. The molecule has 0 aliphatic heterocycles. The molecular formula is C24H20ClN3O4. The lowest BCUT2D eigenvalue weighted by Gasteiger charge is -2.10. The summed E-state index contributed by atoms with van der Waals surface area (Å²) in [6.45, 7) is 1.77. The summed E-state index contributed by atoms with van der Waals surface area (Å²) in [4.78, 5) is 13.1. The van der Waals surface area contributed by atoms with Crippen LogP contribution in [0.3, 0.4) is 0 Å². The fourth-order valence-corrected chi connectivity index (χ4v) is 3.18. The molecule has 3 N–H and O–H groups in total. The summed E-state index contributed by atoms with van der Waals surface area (Å²) in [5.74, 6) is 0.157. The lowest BCUT2D eigenvalue weighted by atomic mass is 10.1. The molecule has 0 atom stereocenters. The molecule has 0 fully saturated rings. The first-order chi connectivity index (χ1) is 15.4. The molecule has 1 amide bonds. The van der Waals surface area contributed by atoms with Crippen LogP contribution in [0.2, 0.25) is 5.02 Å². The minimum Gasteiger partial charge on any atom is -0.508 e. The van der Waals surface area contributed by atoms with Gasteiger partial charge in [0.1, 0.15) is 11.3 Å². The van der Waals surface area contributed by atoms with Gasteiger partial charge in [-0.15, -0.1) is 5.10 Å². The maximum absolute atomic E-state index is 13.1. The molecule has 0 radical (unpaired) electrons. The van der Waals surface area contributed by atoms with E-state index in [2.05, 4.69) is 15.8 Å². The normalized spacial score (nSPS) is 11.4. The molecule has 0 aliphatic carbocycles. The Labute approximate surface area is 188 Å². The molecule has 0 unspecified atom stereocenters. The quantitative estimate of drug-likeness (QED) is 0.360. The number of nitrogens with zero attached hydrogens (tertiary/aromatic N) is 1. The number of anilines is 2. The van der Waals surface area contributed by atoms with Crippen molar-refractivity contribution in [1.29, 1.82) is 0 Å². The molecule has 0 spiro atoms. The Morgan fingerprint density at radius 3 is 2.53 bits per heavy atom. The second kappa shape index (κ2) is 9.03. The van der Waals surface area contributed by atoms with Crippen LogP contribution in [0.4, 0.5) is 11.4 Å². The van der Waals surface area contributed by atoms with Crippen molar-refractivity contribution in [2.24, 2.45) is 5.10 Å². The van der Waals surface area contributed by atoms with E-state index in [-0.39, 0.29) is 16.9 Å². The highest BCUT2D eigenvalue weighted by Gasteiger charge is 2.15. The smallest absolute Gasteiger partial charge is 0.261 e. The summed E-state index contributed by atoms with van der Waals surface area (Å²) < 4.78 is 11.4. The molecule has 162 valence electrons. The van der Waals surface area contributed by atoms with Crippen LogP contribution in [0.25, 0.3) is 11.0 Å². The number of benzene rings is 3. The zero-order valence-corrected chi connectivity index (χ0v) is 18.1. The Balaban J connectivity index is 1.78. The summed E-state index contributed by atoms with van der Waals surface area (Å²) >= 11 is 5.93. The maximum atomic E-state index is 13.1. The summed E-state index contributed by atoms with van der Waals surface area (Å²) in [7, 11) is 1.54. The SMILES string of the molecule is COc1cccc2cc(C(=O)Nc3ccc(C)c(O)c3)/c(=N\Nc3ccc(Cl)cc3)oc12. The van der Waals surface area contributed by atoms with Crippen molar-refractivity contribution >= 4 is 39.9 Å². The number of halogens is 1. The number of carbonyl (C=O) groups is 1. The number of fused-ring (bicyclic) bond motifs is 1. The zero-order chi connectivity index (χ0) is 22.7. The van der Waals surface area contributed by atoms with Gasteiger partial charge < -0.3 is 19.6 Å². The lowest BCUT2D eigenvalue weighted by molar-refractivity contribution is 0.102. The molecule has 0 saturated carbocycles. The number of hydrogen-bond donors (Lipinski definition) is 3. The van der Waals surface area contributed by atoms with E-state index in [1.54, 1.807) is 61.5 Å². The van der Waals surface area contributed by atoms with E-state index in [0.29, 0.717) is 38.7 Å². The Morgan fingerprint density at radius 2 is 1.81 bits per heavy atom. The molecule has 32 heavy (non-hydrogen) atoms. The van der Waals surface area contributed by atoms with Crippen molar-refractivity contribution in [3.8, 4) is 11.5 Å². The molecule has 0 saturated heterocycles. The molecule has 1 heterocycles. The van der Waals surface area contributed by atoms with Crippen LogP contribution in [-0.4, -0.2) is 18.1 Å². The van der Waals surface area contributed by atoms with Crippen LogP contribution in [-0.2, 0) is 0 Å². The van der Waals surface area contributed by atoms with Gasteiger partial charge in [0.15, 0.2) is 11.3 Å². The predicted octanol–water partition coefficient (Wildman–Crippen LogP) is 5.29. The number of aromatic hydroxyl groups is 1. The number of carbonyl (C=O) groups excluding carboxylic acids is 1. The summed E-state index contributed by atoms with van der Waals surface area (Å²) in [5, 5.41) is 18.3. The number of para-hydroxylation sites is 1. The number of nitrogens with one attached hydrogen (secondary N) is 2. The molecule has 8 heteroatoms. The van der Waals surface area contributed by atoms with Gasteiger partial charge in [-0.3, -0.25) is 10.2 Å². The first kappa shape index (κ1) is 21.3. The summed E-state index contributed by atoms with van der Waals surface area (Å²) in [5.41, 5.74) is 5.41. The number of ether oxygens (including phenoxy) is 1. The number of aryl methyl sites for hydroxylation is 1. The van der Waals surface area contributed by atoms with Crippen LogP contribution in [0.15, 0.2) is 76.2 Å². The highest BCUT2D eigenvalue weighted by Crippen LogP contribution is 2.25. The van der Waals surface area contributed by atoms with Crippen LogP contribution >= 0.6 is 11.6 Å². The maximum Gasteiger partial charge on any atom is 0.261 e. The lowest BCUT2D eigenvalue weighted by Crippen LogP contribution is -2.22. The third kappa shape index (κ3) is 4.53. The van der Waals surface area contributed by atoms with Gasteiger partial charge in [-0.25, -0.2) is 0 Å². The van der Waals surface area contributed by atoms with E-state index in [9.17, 15) is 9.90 Å². The largest absolute Gasteiger partial charge is 0.508 e. The minimum absolute atomic E-state index is 0.0609. The third-order valence-corrected chi connectivity index (χ3v) is 5.05. The van der Waals surface area contributed by atoms with Crippen molar-refractivity contribution in [3.05, 3.63) is 88.4 Å². The Hall–Kier alpha value is -3.97. The fourth-order valence-electron chi connectivity index (χ4n) is 3.06. The van der Waals surface area contributed by atoms with Gasteiger partial charge in [0.05, 0.1) is 12.8 Å². The van der Waals surface area contributed by atoms with E-state index in [1.165, 1.54) is 13.2 Å². The number of phenolic OH excluding ortho intramolecular Hbond substituents is 1. The number of phenols is 1. The molecule has 0 bridgehead atoms. The van der Waals surface area contributed by atoms with Crippen LogP contribution in [0.1, 0.15) is 15.9 Å². The highest BCUT2D eigenvalue weighted by atomic mass is 35.5. The number of rotatable bonds is 5. The predicted molar refractivity (Wildman–Crippen MR) is 124 cm³/mol. The van der Waals surface area contributed by atoms with E-state index in [1.807, 2.05) is 6.07 Å². The standard InChI is InChI=1S/C24H20ClN3O4/c1-14-6-9-18(13-20(14)29)26-23(30)19-12-15-4-3-5-21(31-2)22(15)32-24(19)28-27-17-10-7-16(25)8-11-17/h3-13,27,29H,1-2H3,(H,26,30)/b28-24+. The van der Waals surface area contributed by atoms with Crippen molar-refractivity contribution in [3.63, 3.8) is 0 Å². The van der Waals surface area contributed by atoms with E-state index >= 15 is 0 Å². The Kier molecular flexibility index (Phi) is 6.00. The summed E-state index contributed by atoms with van der Waals surface area (Å²) in [6, 6.07) is 18.9. The Morgan fingerprint density at radius 1 is 1.06 bits per heavy atom. The zero-order valence-electron chi connectivity index (χ0n) is 17.3. The monoisotopic (exact) mass is 449 g/mol. The second-order valence-electron chi connectivity index (χ2n) is 7.03. The van der Waals surface area contributed by atoms with E-state index < -0.39 is 5.91 Å². The van der Waals surface area contributed by atoms with Crippen molar-refractivity contribution in [2.75, 3.05) is 17.9 Å². The topological polar surface area (TPSA) is 96.1 Å². The first-order valence-corrected chi connectivity index (χ1v) is 10.1. The average Bonchev–Trinajstić information content (AvgIpc) is 2.80. The van der Waals surface area contributed by atoms with Crippen LogP contribution in [0.5, 0.6) is 11.5 Å². The summed E-state index contributed by atoms with van der Waals surface area (Å²) in [6.07, 6.45) is 0. The molecule has 4 aromatic rings. The van der Waals surface area contributed by atoms with E-state index in [0.717, 1.165) is 0 Å². The third-order valence-electron chi connectivity index (χ3n) is 4.80. The van der Waals surface area contributed by atoms with Crippen LogP contribution in [0, 0.1) is 6.92 Å². The number of hydrogen-bond acceptors (Lipinski definition) is 6. The van der Waals surface area contributed by atoms with Crippen molar-refractivity contribution in [1.82, 2.24) is 0 Å². The van der Waals surface area contributed by atoms with Gasteiger partial charge in [-0.2, -0.15) is 0 Å². The molecule has 4 rings (SSSR count). The van der Waals surface area contributed by atoms with Crippen LogP contribution < -0.4 is 21.0 Å². The minimum atomic E-state index is -0.446. The molecular weight excluding hydrogens is 430 g/mol. The Bertz CT molecular complexity index is 1360. The van der Waals surface area contributed by atoms with Gasteiger partial charge in [0, 0.05) is 22.2 Å². The second-order valence-corrected chi connectivity index (χ2v) is 7.47. The van der Waals surface area contributed by atoms with Crippen molar-refractivity contribution < 1.29 is 19.1 Å². The average molecular weight is 450 g/mol. The van der Waals surface area contributed by atoms with E-state index in [4.69, 9.17) is 20.8 Å². The molecule has 0 aliphatic rings. The van der Waals surface area contributed by atoms with Gasteiger partial charge in [-0.05, 0) is 55.0 Å². The van der Waals surface area contributed by atoms with Crippen molar-refractivity contribution in [2.45, 2.75) is 6.92 Å². The number of amides is 1. The first-order valence-electron chi connectivity index (χ1n) is 9.72.